The summed E-state index contributed by atoms with van der Waals surface area (Å²) in [7, 11) is 0. The number of aliphatic hydroxyl groups is 1. The van der Waals surface area contributed by atoms with E-state index >= 15 is 0 Å². The minimum atomic E-state index is -0.721. The van der Waals surface area contributed by atoms with Crippen LogP contribution in [0.1, 0.15) is 27.2 Å². The van der Waals surface area contributed by atoms with Crippen molar-refractivity contribution in [3.8, 4) is 0 Å². The van der Waals surface area contributed by atoms with Gasteiger partial charge in [0.15, 0.2) is 0 Å². The lowest BCUT2D eigenvalue weighted by atomic mass is 9.99. The lowest BCUT2D eigenvalue weighted by molar-refractivity contribution is -0.142. The minimum Gasteiger partial charge on any atom is -0.481 e. The Morgan fingerprint density at radius 3 is 2.53 bits per heavy atom. The topological polar surface area (TPSA) is 60.8 Å². The number of rotatable bonds is 4. The van der Waals surface area contributed by atoms with Crippen molar-refractivity contribution in [3.63, 3.8) is 0 Å². The highest BCUT2D eigenvalue weighted by Gasteiger charge is 2.36. The van der Waals surface area contributed by atoms with Crippen LogP contribution < -0.4 is 0 Å². The van der Waals surface area contributed by atoms with Crippen molar-refractivity contribution < 1.29 is 15.0 Å². The van der Waals surface area contributed by atoms with Gasteiger partial charge >= 0.3 is 5.97 Å². The Balaban J connectivity index is 2.52. The van der Waals surface area contributed by atoms with E-state index in [1.807, 2.05) is 18.7 Å². The molecule has 4 heteroatoms. The number of aliphatic carboxylic acids is 1. The SMILES string of the molecule is CCC(C)(O)CN1C[C@@H](C)[C@H](C(=O)O)C1. The molecule has 0 bridgehead atoms. The third-order valence-electron chi connectivity index (χ3n) is 3.33. The molecule has 0 radical (unpaired) electrons. The maximum absolute atomic E-state index is 10.9. The molecule has 0 aliphatic carbocycles. The van der Waals surface area contributed by atoms with Gasteiger partial charge in [0.05, 0.1) is 11.5 Å². The zero-order valence-electron chi connectivity index (χ0n) is 9.73. The molecule has 3 atom stereocenters. The van der Waals surface area contributed by atoms with E-state index in [2.05, 4.69) is 0 Å². The summed E-state index contributed by atoms with van der Waals surface area (Å²) in [6.45, 7) is 7.59. The number of β-amino-alcohol motifs (C(OH)–C–C–N with tert-alkyl or cyclic N) is 1. The van der Waals surface area contributed by atoms with E-state index in [0.717, 1.165) is 6.54 Å². The molecule has 0 saturated carbocycles. The fraction of sp³-hybridized carbons (Fsp3) is 0.909. The van der Waals surface area contributed by atoms with Gasteiger partial charge in [-0.15, -0.1) is 0 Å². The summed E-state index contributed by atoms with van der Waals surface area (Å²) in [4.78, 5) is 13.0. The Bertz CT molecular complexity index is 240. The maximum Gasteiger partial charge on any atom is 0.308 e. The van der Waals surface area contributed by atoms with E-state index in [-0.39, 0.29) is 11.8 Å². The highest BCUT2D eigenvalue weighted by atomic mass is 16.4. The Labute approximate surface area is 90.9 Å². The molecule has 0 aromatic carbocycles. The first-order valence-electron chi connectivity index (χ1n) is 5.53. The predicted molar refractivity (Wildman–Crippen MR) is 57.6 cm³/mol. The van der Waals surface area contributed by atoms with Crippen LogP contribution in [0.4, 0.5) is 0 Å². The van der Waals surface area contributed by atoms with Crippen LogP contribution in [0.5, 0.6) is 0 Å². The van der Waals surface area contributed by atoms with Crippen LogP contribution >= 0.6 is 0 Å². The van der Waals surface area contributed by atoms with Gasteiger partial charge in [0, 0.05) is 19.6 Å². The normalized spacial score (nSPS) is 31.5. The molecule has 0 aromatic heterocycles. The first kappa shape index (κ1) is 12.5. The minimum absolute atomic E-state index is 0.176. The van der Waals surface area contributed by atoms with Gasteiger partial charge in [0.2, 0.25) is 0 Å². The molecule has 2 N–H and O–H groups in total. The molecule has 1 aliphatic heterocycles. The van der Waals surface area contributed by atoms with Gasteiger partial charge in [-0.1, -0.05) is 13.8 Å². The van der Waals surface area contributed by atoms with Crippen molar-refractivity contribution in [1.29, 1.82) is 0 Å². The largest absolute Gasteiger partial charge is 0.481 e. The summed E-state index contributed by atoms with van der Waals surface area (Å²) in [6.07, 6.45) is 0.690. The van der Waals surface area contributed by atoms with Gasteiger partial charge < -0.3 is 10.2 Å². The number of carboxylic acid groups (broad SMARTS) is 1. The molecule has 0 spiro atoms. The zero-order chi connectivity index (χ0) is 11.6. The molecule has 0 aromatic rings. The number of hydrogen-bond acceptors (Lipinski definition) is 3. The molecule has 0 amide bonds. The summed E-state index contributed by atoms with van der Waals surface area (Å²) < 4.78 is 0. The predicted octanol–water partition coefficient (Wildman–Crippen LogP) is 0.800. The highest BCUT2D eigenvalue weighted by molar-refractivity contribution is 5.71. The quantitative estimate of drug-likeness (QED) is 0.728. The first-order valence-corrected chi connectivity index (χ1v) is 5.53. The van der Waals surface area contributed by atoms with Gasteiger partial charge in [0.1, 0.15) is 0 Å². The molecule has 1 heterocycles. The average Bonchev–Trinajstić information content (AvgIpc) is 2.46. The van der Waals surface area contributed by atoms with Gasteiger partial charge in [-0.2, -0.15) is 0 Å². The summed E-state index contributed by atoms with van der Waals surface area (Å²) in [6, 6.07) is 0. The van der Waals surface area contributed by atoms with Crippen LogP contribution in [0.3, 0.4) is 0 Å². The second kappa shape index (κ2) is 4.49. The van der Waals surface area contributed by atoms with Gasteiger partial charge in [-0.3, -0.25) is 9.69 Å². The smallest absolute Gasteiger partial charge is 0.308 e. The van der Waals surface area contributed by atoms with Crippen LogP contribution in [0.15, 0.2) is 0 Å². The van der Waals surface area contributed by atoms with Crippen LogP contribution in [-0.2, 0) is 4.79 Å². The van der Waals surface area contributed by atoms with E-state index in [1.165, 1.54) is 0 Å². The van der Waals surface area contributed by atoms with Crippen LogP contribution in [-0.4, -0.2) is 46.3 Å². The Kier molecular flexibility index (Phi) is 3.73. The molecule has 88 valence electrons. The first-order chi connectivity index (χ1) is 6.85. The van der Waals surface area contributed by atoms with Crippen molar-refractivity contribution in [1.82, 2.24) is 4.90 Å². The van der Waals surface area contributed by atoms with Crippen molar-refractivity contribution >= 4 is 5.97 Å². The van der Waals surface area contributed by atoms with Crippen LogP contribution in [0.2, 0.25) is 0 Å². The van der Waals surface area contributed by atoms with Crippen LogP contribution in [0, 0.1) is 11.8 Å². The zero-order valence-corrected chi connectivity index (χ0v) is 9.73. The summed E-state index contributed by atoms with van der Waals surface area (Å²) in [5.41, 5.74) is -0.701. The number of nitrogens with zero attached hydrogens (tertiary/aromatic N) is 1. The number of carbonyl (C=O) groups is 1. The standard InChI is InChI=1S/C11H21NO3/c1-4-11(3,15)7-12-5-8(2)9(6-12)10(13)14/h8-9,15H,4-7H2,1-3H3,(H,13,14)/t8-,9-,11?/m1/s1. The fourth-order valence-electron chi connectivity index (χ4n) is 2.11. The maximum atomic E-state index is 10.9. The molecule has 1 fully saturated rings. The second-order valence-corrected chi connectivity index (χ2v) is 4.97. The third kappa shape index (κ3) is 3.18. The Morgan fingerprint density at radius 1 is 1.53 bits per heavy atom. The number of likely N-dealkylation sites (tertiary alicyclic amines) is 1. The van der Waals surface area contributed by atoms with Gasteiger partial charge in [0.25, 0.3) is 0 Å². The van der Waals surface area contributed by atoms with E-state index in [0.29, 0.717) is 19.5 Å². The molecule has 1 aliphatic rings. The molecule has 1 saturated heterocycles. The third-order valence-corrected chi connectivity index (χ3v) is 3.33. The highest BCUT2D eigenvalue weighted by Crippen LogP contribution is 2.25. The lowest BCUT2D eigenvalue weighted by Gasteiger charge is -2.27. The monoisotopic (exact) mass is 215 g/mol. The van der Waals surface area contributed by atoms with E-state index in [4.69, 9.17) is 5.11 Å². The lowest BCUT2D eigenvalue weighted by Crippen LogP contribution is -2.39. The van der Waals surface area contributed by atoms with E-state index in [9.17, 15) is 9.90 Å². The molecule has 1 unspecified atom stereocenters. The van der Waals surface area contributed by atoms with Crippen molar-refractivity contribution in [2.75, 3.05) is 19.6 Å². The van der Waals surface area contributed by atoms with Crippen molar-refractivity contribution in [2.45, 2.75) is 32.8 Å². The summed E-state index contributed by atoms with van der Waals surface area (Å²) >= 11 is 0. The van der Waals surface area contributed by atoms with Crippen LogP contribution in [0.25, 0.3) is 0 Å². The molecule has 4 nitrogen and oxygen atoms in total. The molecular formula is C11H21NO3. The van der Waals surface area contributed by atoms with Gasteiger partial charge in [-0.25, -0.2) is 0 Å². The summed E-state index contributed by atoms with van der Waals surface area (Å²) in [5, 5.41) is 18.9. The summed E-state index contributed by atoms with van der Waals surface area (Å²) in [5.74, 6) is -0.825. The molecule has 1 rings (SSSR count). The molecule has 15 heavy (non-hydrogen) atoms. The number of carboxylic acids is 1. The van der Waals surface area contributed by atoms with Gasteiger partial charge in [-0.05, 0) is 19.3 Å². The molecular weight excluding hydrogens is 194 g/mol. The number of hydrogen-bond donors (Lipinski definition) is 2. The van der Waals surface area contributed by atoms with E-state index < -0.39 is 11.6 Å². The van der Waals surface area contributed by atoms with Crippen molar-refractivity contribution in [3.05, 3.63) is 0 Å². The Hall–Kier alpha value is -0.610. The fourth-order valence-corrected chi connectivity index (χ4v) is 2.11. The Morgan fingerprint density at radius 2 is 2.13 bits per heavy atom. The average molecular weight is 215 g/mol. The second-order valence-electron chi connectivity index (χ2n) is 4.97. The van der Waals surface area contributed by atoms with E-state index in [1.54, 1.807) is 6.92 Å². The van der Waals surface area contributed by atoms with Crippen molar-refractivity contribution in [2.24, 2.45) is 11.8 Å².